The maximum absolute atomic E-state index is 14.3. The highest BCUT2D eigenvalue weighted by molar-refractivity contribution is 7.58. The molecule has 0 radical (unpaired) electrons. The first-order valence-corrected chi connectivity index (χ1v) is 18.1. The Morgan fingerprint density at radius 2 is 1.35 bits per heavy atom. The minimum atomic E-state index is -4.47. The monoisotopic (exact) mass is 711 g/mol. The van der Waals surface area contributed by atoms with Gasteiger partial charge in [0.15, 0.2) is 0 Å². The second-order valence-electron chi connectivity index (χ2n) is 12.1. The number of amides is 2. The number of ether oxygens (including phenoxy) is 1. The van der Waals surface area contributed by atoms with E-state index in [0.717, 1.165) is 11.1 Å². The van der Waals surface area contributed by atoms with Crippen molar-refractivity contribution < 1.29 is 43.3 Å². The van der Waals surface area contributed by atoms with E-state index in [2.05, 4.69) is 15.8 Å². The minimum Gasteiger partial charge on any atom is -0.508 e. The molecule has 264 valence electrons. The van der Waals surface area contributed by atoms with Crippen LogP contribution in [0.15, 0.2) is 126 Å². The Morgan fingerprint density at radius 1 is 0.765 bits per heavy atom. The van der Waals surface area contributed by atoms with Crippen molar-refractivity contribution in [3.8, 4) is 17.0 Å². The third-order valence-corrected chi connectivity index (χ3v) is 10.4. The molecule has 0 aliphatic carbocycles. The van der Waals surface area contributed by atoms with E-state index < -0.39 is 49.2 Å². The molecule has 0 spiro atoms. The summed E-state index contributed by atoms with van der Waals surface area (Å²) in [5.74, 6) is -4.54. The van der Waals surface area contributed by atoms with Crippen LogP contribution >= 0.6 is 7.37 Å². The molecule has 5 aromatic rings. The molecule has 13 heteroatoms. The predicted octanol–water partition coefficient (Wildman–Crippen LogP) is 5.78. The van der Waals surface area contributed by atoms with Gasteiger partial charge in [-0.1, -0.05) is 108 Å². The van der Waals surface area contributed by atoms with Gasteiger partial charge in [-0.15, -0.1) is 0 Å². The van der Waals surface area contributed by atoms with Crippen molar-refractivity contribution in [1.82, 2.24) is 15.8 Å². The lowest BCUT2D eigenvalue weighted by molar-refractivity contribution is -0.142. The summed E-state index contributed by atoms with van der Waals surface area (Å²) >= 11 is 0. The van der Waals surface area contributed by atoms with Gasteiger partial charge >= 0.3 is 12.1 Å². The molecule has 0 fully saturated rings. The number of alkyl carbamates (subject to hydrolysis) is 1. The standard InChI is InChI=1S/C38H38N3O9P/c42-31-18-16-27(17-19-31)20-34(37(44)45)39-36(43)30(22-32-23-33(41-50-32)29-14-8-3-9-15-29)25-51(47,48)35(21-26-10-4-1-5-11-26)40-38(46)49-24-28-12-6-2-7-13-28/h1-19,23,30,34-35,42H,20-22,24-25H2,(H,39,43)(H,40,46)(H,44,45)(H,47,48)/t30?,34-,35?/m1/s1. The highest BCUT2D eigenvalue weighted by Gasteiger charge is 2.39. The zero-order chi connectivity index (χ0) is 36.2. The number of nitrogens with zero attached hydrogens (tertiary/aromatic N) is 1. The molecule has 1 heterocycles. The van der Waals surface area contributed by atoms with Crippen molar-refractivity contribution in [2.24, 2.45) is 5.92 Å². The predicted molar refractivity (Wildman–Crippen MR) is 189 cm³/mol. The number of aromatic hydroxyl groups is 1. The topological polar surface area (TPSA) is 188 Å². The number of rotatable bonds is 16. The minimum absolute atomic E-state index is 0.00188. The van der Waals surface area contributed by atoms with E-state index in [-0.39, 0.29) is 37.4 Å². The third-order valence-electron chi connectivity index (χ3n) is 8.18. The molecule has 0 saturated heterocycles. The van der Waals surface area contributed by atoms with Crippen LogP contribution in [0.3, 0.4) is 0 Å². The lowest BCUT2D eigenvalue weighted by atomic mass is 10.0. The van der Waals surface area contributed by atoms with Gasteiger partial charge in [-0.05, 0) is 28.8 Å². The lowest BCUT2D eigenvalue weighted by Crippen LogP contribution is -2.46. The maximum atomic E-state index is 14.3. The van der Waals surface area contributed by atoms with Gasteiger partial charge in [0, 0.05) is 37.1 Å². The van der Waals surface area contributed by atoms with E-state index in [9.17, 15) is 34.1 Å². The number of aliphatic carboxylic acids is 1. The summed E-state index contributed by atoms with van der Waals surface area (Å²) < 4.78 is 25.2. The van der Waals surface area contributed by atoms with Gasteiger partial charge < -0.3 is 35.0 Å². The molecule has 51 heavy (non-hydrogen) atoms. The average molecular weight is 712 g/mol. The summed E-state index contributed by atoms with van der Waals surface area (Å²) in [5, 5.41) is 28.8. The fourth-order valence-electron chi connectivity index (χ4n) is 5.47. The summed E-state index contributed by atoms with van der Waals surface area (Å²) in [6.45, 7) is -0.0711. The number of hydrogen-bond donors (Lipinski definition) is 5. The number of carbonyl (C=O) groups is 3. The van der Waals surface area contributed by atoms with Crippen molar-refractivity contribution in [1.29, 1.82) is 0 Å². The number of carboxylic acids is 1. The van der Waals surface area contributed by atoms with Crippen molar-refractivity contribution in [2.45, 2.75) is 37.7 Å². The van der Waals surface area contributed by atoms with Gasteiger partial charge in [-0.2, -0.15) is 0 Å². The summed E-state index contributed by atoms with van der Waals surface area (Å²) in [6.07, 6.45) is -1.92. The quantitative estimate of drug-likeness (QED) is 0.0785. The molecule has 4 aromatic carbocycles. The SMILES string of the molecule is O=C(NC(Cc1ccccc1)P(=O)(O)CC(Cc1cc(-c2ccccc2)no1)C(=O)N[C@H](Cc1ccc(O)cc1)C(=O)O)OCc1ccccc1. The second-order valence-corrected chi connectivity index (χ2v) is 14.6. The van der Waals surface area contributed by atoms with Crippen LogP contribution in [0, 0.1) is 5.92 Å². The van der Waals surface area contributed by atoms with Crippen LogP contribution in [0.1, 0.15) is 22.5 Å². The fourth-order valence-corrected chi connectivity index (χ4v) is 7.45. The average Bonchev–Trinajstić information content (AvgIpc) is 3.60. The van der Waals surface area contributed by atoms with E-state index in [4.69, 9.17) is 9.26 Å². The number of phenolic OH excluding ortho intramolecular Hbond substituents is 1. The molecule has 4 atom stereocenters. The van der Waals surface area contributed by atoms with E-state index >= 15 is 0 Å². The molecular formula is C38H38N3O9P. The number of carbonyl (C=O) groups excluding carboxylic acids is 2. The van der Waals surface area contributed by atoms with Crippen LogP contribution < -0.4 is 10.6 Å². The second kappa shape index (κ2) is 17.3. The molecule has 0 saturated carbocycles. The van der Waals surface area contributed by atoms with Crippen LogP contribution in [0.5, 0.6) is 5.75 Å². The Bertz CT molecular complexity index is 1940. The van der Waals surface area contributed by atoms with E-state index in [1.54, 1.807) is 60.7 Å². The van der Waals surface area contributed by atoms with Crippen LogP contribution in [0.4, 0.5) is 4.79 Å². The van der Waals surface area contributed by atoms with Gasteiger partial charge in [0.2, 0.25) is 13.3 Å². The van der Waals surface area contributed by atoms with Gasteiger partial charge in [0.05, 0.1) is 5.92 Å². The van der Waals surface area contributed by atoms with Crippen LogP contribution in [-0.4, -0.2) is 56.2 Å². The third kappa shape index (κ3) is 10.9. The van der Waals surface area contributed by atoms with Gasteiger partial charge in [-0.25, -0.2) is 9.59 Å². The molecule has 5 N–H and O–H groups in total. The molecule has 0 aliphatic rings. The van der Waals surface area contributed by atoms with Crippen LogP contribution in [-0.2, 0) is 44.8 Å². The van der Waals surface area contributed by atoms with E-state index in [1.165, 1.54) is 24.3 Å². The summed E-state index contributed by atoms with van der Waals surface area (Å²) in [4.78, 5) is 50.8. The number of hydrogen-bond acceptors (Lipinski definition) is 8. The largest absolute Gasteiger partial charge is 0.508 e. The number of nitrogens with one attached hydrogen (secondary N) is 2. The molecule has 12 nitrogen and oxygen atoms in total. The van der Waals surface area contributed by atoms with Crippen molar-refractivity contribution >= 4 is 25.3 Å². The Hall–Kier alpha value is -5.71. The molecule has 0 aliphatic heterocycles. The Labute approximate surface area is 294 Å². The zero-order valence-corrected chi connectivity index (χ0v) is 28.4. The number of phenols is 1. The maximum Gasteiger partial charge on any atom is 0.408 e. The molecule has 0 bridgehead atoms. The van der Waals surface area contributed by atoms with Gasteiger partial charge in [0.1, 0.15) is 35.6 Å². The van der Waals surface area contributed by atoms with Crippen molar-refractivity contribution in [3.05, 3.63) is 144 Å². The van der Waals surface area contributed by atoms with Gasteiger partial charge in [0.25, 0.3) is 0 Å². The molecule has 1 aromatic heterocycles. The normalized spacial score (nSPS) is 14.0. The highest BCUT2D eigenvalue weighted by atomic mass is 31.2. The van der Waals surface area contributed by atoms with Gasteiger partial charge in [-0.3, -0.25) is 9.36 Å². The first kappa shape index (κ1) is 36.6. The lowest BCUT2D eigenvalue weighted by Gasteiger charge is -2.27. The first-order chi connectivity index (χ1) is 24.6. The van der Waals surface area contributed by atoms with Crippen molar-refractivity contribution in [3.63, 3.8) is 0 Å². The number of carboxylic acid groups (broad SMARTS) is 1. The zero-order valence-electron chi connectivity index (χ0n) is 27.5. The molecule has 2 amide bonds. The smallest absolute Gasteiger partial charge is 0.408 e. The Kier molecular flexibility index (Phi) is 12.4. The Morgan fingerprint density at radius 3 is 1.98 bits per heavy atom. The van der Waals surface area contributed by atoms with Crippen LogP contribution in [0.2, 0.25) is 0 Å². The fraction of sp³-hybridized carbons (Fsp3) is 0.211. The number of aromatic nitrogens is 1. The number of benzene rings is 4. The van der Waals surface area contributed by atoms with E-state index in [0.29, 0.717) is 16.8 Å². The summed E-state index contributed by atoms with van der Waals surface area (Å²) in [5.41, 5.74) is 3.15. The first-order valence-electron chi connectivity index (χ1n) is 16.2. The van der Waals surface area contributed by atoms with E-state index in [1.807, 2.05) is 36.4 Å². The summed E-state index contributed by atoms with van der Waals surface area (Å²) in [6, 6.07) is 33.0. The van der Waals surface area contributed by atoms with Crippen molar-refractivity contribution in [2.75, 3.05) is 6.16 Å². The highest BCUT2D eigenvalue weighted by Crippen LogP contribution is 2.48. The summed E-state index contributed by atoms with van der Waals surface area (Å²) in [7, 11) is -4.47. The molecular weight excluding hydrogens is 673 g/mol. The molecule has 3 unspecified atom stereocenters. The van der Waals surface area contributed by atoms with Crippen LogP contribution in [0.25, 0.3) is 11.3 Å². The molecule has 5 rings (SSSR count). The Balaban J connectivity index is 1.40.